The van der Waals surface area contributed by atoms with Crippen LogP contribution in [0.3, 0.4) is 0 Å². The quantitative estimate of drug-likeness (QED) is 0.876. The van der Waals surface area contributed by atoms with E-state index in [1.54, 1.807) is 7.11 Å². The van der Waals surface area contributed by atoms with Crippen LogP contribution in [0, 0.1) is 5.92 Å². The highest BCUT2D eigenvalue weighted by Gasteiger charge is 2.42. The van der Waals surface area contributed by atoms with E-state index >= 15 is 0 Å². The van der Waals surface area contributed by atoms with Crippen LogP contribution in [-0.4, -0.2) is 13.7 Å². The predicted octanol–water partition coefficient (Wildman–Crippen LogP) is 3.68. The molecule has 2 aromatic carbocycles. The molecule has 0 bridgehead atoms. The molecule has 0 amide bonds. The van der Waals surface area contributed by atoms with E-state index in [2.05, 4.69) is 54.6 Å². The van der Waals surface area contributed by atoms with Crippen molar-refractivity contribution in [3.63, 3.8) is 0 Å². The number of hydrogen-bond donors (Lipinski definition) is 1. The van der Waals surface area contributed by atoms with Gasteiger partial charge in [0, 0.05) is 13.2 Å². The smallest absolute Gasteiger partial charge is 0.0502 e. The minimum Gasteiger partial charge on any atom is -0.384 e. The molecule has 2 heteroatoms. The van der Waals surface area contributed by atoms with Gasteiger partial charge in [-0.1, -0.05) is 54.6 Å². The first-order valence-electron chi connectivity index (χ1n) is 7.68. The van der Waals surface area contributed by atoms with Gasteiger partial charge in [0.25, 0.3) is 0 Å². The Morgan fingerprint density at radius 1 is 1.10 bits per heavy atom. The molecule has 0 aliphatic heterocycles. The molecule has 1 fully saturated rings. The van der Waals surface area contributed by atoms with Crippen LogP contribution in [0.4, 0.5) is 0 Å². The molecule has 0 heterocycles. The summed E-state index contributed by atoms with van der Waals surface area (Å²) in [7, 11) is 1.74. The largest absolute Gasteiger partial charge is 0.384 e. The summed E-state index contributed by atoms with van der Waals surface area (Å²) in [6.07, 6.45) is 2.17. The van der Waals surface area contributed by atoms with E-state index in [9.17, 15) is 0 Å². The molecule has 1 aliphatic rings. The Morgan fingerprint density at radius 2 is 1.81 bits per heavy atom. The molecular formula is C19H23NO. The minimum atomic E-state index is 0.145. The Bertz CT molecular complexity index is 564. The highest BCUT2D eigenvalue weighted by Crippen LogP contribution is 2.53. The fraction of sp³-hybridized carbons (Fsp3) is 0.368. The molecule has 2 N–H and O–H groups in total. The fourth-order valence-electron chi connectivity index (χ4n) is 3.07. The topological polar surface area (TPSA) is 35.2 Å². The summed E-state index contributed by atoms with van der Waals surface area (Å²) >= 11 is 0. The fourth-order valence-corrected chi connectivity index (χ4v) is 3.07. The van der Waals surface area contributed by atoms with Gasteiger partial charge < -0.3 is 10.5 Å². The number of methoxy groups -OCH3 is 1. The first kappa shape index (κ1) is 14.3. The van der Waals surface area contributed by atoms with Gasteiger partial charge in [0.05, 0.1) is 6.61 Å². The van der Waals surface area contributed by atoms with E-state index < -0.39 is 0 Å². The molecule has 0 spiro atoms. The average molecular weight is 281 g/mol. The normalized spacial score (nSPS) is 22.0. The number of nitrogens with two attached hydrogens (primary N) is 1. The van der Waals surface area contributed by atoms with Crippen LogP contribution < -0.4 is 5.73 Å². The van der Waals surface area contributed by atoms with Gasteiger partial charge >= 0.3 is 0 Å². The molecule has 3 rings (SSSR count). The SMILES string of the molecule is COCCc1ccc(C(N)C2CC2c2ccccc2)cc1. The summed E-state index contributed by atoms with van der Waals surface area (Å²) in [6.45, 7) is 0.768. The molecule has 3 unspecified atom stereocenters. The second-order valence-corrected chi connectivity index (χ2v) is 5.93. The highest BCUT2D eigenvalue weighted by atomic mass is 16.5. The van der Waals surface area contributed by atoms with Crippen molar-refractivity contribution in [2.24, 2.45) is 11.7 Å². The average Bonchev–Trinajstić information content (AvgIpc) is 3.34. The third-order valence-corrected chi connectivity index (χ3v) is 4.49. The van der Waals surface area contributed by atoms with Crippen molar-refractivity contribution in [2.75, 3.05) is 13.7 Å². The summed E-state index contributed by atoms with van der Waals surface area (Å²) in [5.41, 5.74) is 10.4. The van der Waals surface area contributed by atoms with E-state index in [4.69, 9.17) is 10.5 Å². The maximum Gasteiger partial charge on any atom is 0.0502 e. The van der Waals surface area contributed by atoms with Crippen molar-refractivity contribution in [3.8, 4) is 0 Å². The zero-order valence-electron chi connectivity index (χ0n) is 12.5. The summed E-state index contributed by atoms with van der Waals surface area (Å²) in [6, 6.07) is 19.6. The van der Waals surface area contributed by atoms with Crippen molar-refractivity contribution in [3.05, 3.63) is 71.3 Å². The molecule has 3 atom stereocenters. The molecule has 21 heavy (non-hydrogen) atoms. The van der Waals surface area contributed by atoms with Gasteiger partial charge in [0.2, 0.25) is 0 Å². The number of benzene rings is 2. The Kier molecular flexibility index (Phi) is 4.37. The van der Waals surface area contributed by atoms with E-state index in [0.29, 0.717) is 11.8 Å². The van der Waals surface area contributed by atoms with Crippen LogP contribution in [0.25, 0.3) is 0 Å². The van der Waals surface area contributed by atoms with E-state index in [1.165, 1.54) is 23.1 Å². The van der Waals surface area contributed by atoms with Gasteiger partial charge in [-0.15, -0.1) is 0 Å². The van der Waals surface area contributed by atoms with Crippen molar-refractivity contribution in [1.29, 1.82) is 0 Å². The van der Waals surface area contributed by atoms with Crippen LogP contribution in [-0.2, 0) is 11.2 Å². The van der Waals surface area contributed by atoms with Crippen LogP contribution in [0.1, 0.15) is 35.1 Å². The van der Waals surface area contributed by atoms with E-state index in [1.807, 2.05) is 0 Å². The number of rotatable bonds is 6. The van der Waals surface area contributed by atoms with Crippen LogP contribution >= 0.6 is 0 Å². The maximum absolute atomic E-state index is 6.45. The molecule has 2 nitrogen and oxygen atoms in total. The molecule has 110 valence electrons. The van der Waals surface area contributed by atoms with Gasteiger partial charge in [-0.2, -0.15) is 0 Å². The van der Waals surface area contributed by atoms with Gasteiger partial charge in [-0.05, 0) is 41.4 Å². The molecule has 1 aliphatic carbocycles. The predicted molar refractivity (Wildman–Crippen MR) is 86.2 cm³/mol. The van der Waals surface area contributed by atoms with Gasteiger partial charge in [-0.3, -0.25) is 0 Å². The lowest BCUT2D eigenvalue weighted by Crippen LogP contribution is -2.13. The maximum atomic E-state index is 6.45. The third kappa shape index (κ3) is 3.34. The molecule has 1 saturated carbocycles. The number of ether oxygens (including phenoxy) is 1. The molecule has 0 aromatic heterocycles. The van der Waals surface area contributed by atoms with Crippen LogP contribution in [0.5, 0.6) is 0 Å². The molecule has 0 radical (unpaired) electrons. The summed E-state index contributed by atoms with van der Waals surface area (Å²) in [4.78, 5) is 0. The Labute approximate surface area is 126 Å². The standard InChI is InChI=1S/C19H23NO/c1-21-12-11-14-7-9-16(10-8-14)19(20)18-13-17(18)15-5-3-2-4-6-15/h2-10,17-19H,11-13,20H2,1H3. The lowest BCUT2D eigenvalue weighted by molar-refractivity contribution is 0.202. The van der Waals surface area contributed by atoms with Crippen molar-refractivity contribution in [1.82, 2.24) is 0 Å². The van der Waals surface area contributed by atoms with Crippen molar-refractivity contribution in [2.45, 2.75) is 24.8 Å². The van der Waals surface area contributed by atoms with E-state index in [-0.39, 0.29) is 6.04 Å². The zero-order valence-corrected chi connectivity index (χ0v) is 12.5. The lowest BCUT2D eigenvalue weighted by Gasteiger charge is -2.13. The van der Waals surface area contributed by atoms with Gasteiger partial charge in [0.15, 0.2) is 0 Å². The van der Waals surface area contributed by atoms with Gasteiger partial charge in [-0.25, -0.2) is 0 Å². The second-order valence-electron chi connectivity index (χ2n) is 5.93. The molecule has 0 saturated heterocycles. The van der Waals surface area contributed by atoms with Crippen molar-refractivity contribution < 1.29 is 4.74 Å². The van der Waals surface area contributed by atoms with Crippen LogP contribution in [0.15, 0.2) is 54.6 Å². The van der Waals surface area contributed by atoms with Crippen molar-refractivity contribution >= 4 is 0 Å². The Hall–Kier alpha value is -1.64. The summed E-state index contributed by atoms with van der Waals surface area (Å²) in [5, 5.41) is 0. The highest BCUT2D eigenvalue weighted by molar-refractivity contribution is 5.31. The van der Waals surface area contributed by atoms with Gasteiger partial charge in [0.1, 0.15) is 0 Å². The summed E-state index contributed by atoms with van der Waals surface area (Å²) in [5.74, 6) is 1.21. The third-order valence-electron chi connectivity index (χ3n) is 4.49. The molecular weight excluding hydrogens is 258 g/mol. The molecule has 2 aromatic rings. The number of hydrogen-bond acceptors (Lipinski definition) is 2. The summed E-state index contributed by atoms with van der Waals surface area (Å²) < 4.78 is 5.11. The Morgan fingerprint density at radius 3 is 2.48 bits per heavy atom. The first-order chi connectivity index (χ1) is 10.3. The van der Waals surface area contributed by atoms with E-state index in [0.717, 1.165) is 13.0 Å². The monoisotopic (exact) mass is 281 g/mol. The lowest BCUT2D eigenvalue weighted by atomic mass is 9.98. The zero-order chi connectivity index (χ0) is 14.7. The second kappa shape index (κ2) is 6.42. The minimum absolute atomic E-state index is 0.145. The first-order valence-corrected chi connectivity index (χ1v) is 7.68. The Balaban J connectivity index is 1.63. The van der Waals surface area contributed by atoms with Crippen LogP contribution in [0.2, 0.25) is 0 Å².